The van der Waals surface area contributed by atoms with Crippen LogP contribution in [-0.2, 0) is 25.7 Å². The number of carbonyl (C=O) groups excluding carboxylic acids is 3. The van der Waals surface area contributed by atoms with Crippen LogP contribution in [0.1, 0.15) is 11.3 Å². The Morgan fingerprint density at radius 1 is 1.11 bits per heavy atom. The number of carbonyl (C=O) groups is 3. The summed E-state index contributed by atoms with van der Waals surface area (Å²) in [5.74, 6) is -0.322. The van der Waals surface area contributed by atoms with Crippen molar-refractivity contribution in [3.63, 3.8) is 0 Å². The van der Waals surface area contributed by atoms with E-state index in [1.807, 2.05) is 19.1 Å². The Hall–Kier alpha value is -3.29. The van der Waals surface area contributed by atoms with Crippen molar-refractivity contribution in [3.05, 3.63) is 54.0 Å². The van der Waals surface area contributed by atoms with Gasteiger partial charge in [0.15, 0.2) is 13.2 Å². The van der Waals surface area contributed by atoms with Gasteiger partial charge in [-0.05, 0) is 30.7 Å². The van der Waals surface area contributed by atoms with E-state index >= 15 is 0 Å². The Morgan fingerprint density at radius 2 is 1.89 bits per heavy atom. The van der Waals surface area contributed by atoms with Gasteiger partial charge in [0.25, 0.3) is 5.91 Å². The average Bonchev–Trinajstić information content (AvgIpc) is 3.17. The minimum Gasteiger partial charge on any atom is -0.482 e. The van der Waals surface area contributed by atoms with Crippen molar-refractivity contribution in [3.8, 4) is 5.75 Å². The Balaban J connectivity index is 1.65. The first-order chi connectivity index (χ1) is 13.0. The fourth-order valence-corrected chi connectivity index (χ4v) is 2.11. The number of amides is 2. The van der Waals surface area contributed by atoms with Gasteiger partial charge >= 0.3 is 5.97 Å². The quantitative estimate of drug-likeness (QED) is 0.664. The normalized spacial score (nSPS) is 10.1. The zero-order valence-corrected chi connectivity index (χ0v) is 15.3. The highest BCUT2D eigenvalue weighted by Gasteiger charge is 2.15. The van der Waals surface area contributed by atoms with Crippen LogP contribution in [0.25, 0.3) is 0 Å². The van der Waals surface area contributed by atoms with Crippen LogP contribution in [0.2, 0.25) is 0 Å². The van der Waals surface area contributed by atoms with Gasteiger partial charge in [-0.25, -0.2) is 4.79 Å². The molecule has 1 aromatic heterocycles. The summed E-state index contributed by atoms with van der Waals surface area (Å²) in [6.07, 6.45) is 1.51. The minimum absolute atomic E-state index is 0.156. The SMILES string of the molecule is Cc1ccccc1OCC(=O)OCC(=O)N(C)CC(=O)NCc1ccco1. The van der Waals surface area contributed by atoms with Gasteiger partial charge in [0.05, 0.1) is 19.4 Å². The average molecular weight is 374 g/mol. The first-order valence-electron chi connectivity index (χ1n) is 8.33. The maximum Gasteiger partial charge on any atom is 0.344 e. The number of nitrogens with zero attached hydrogens (tertiary/aromatic N) is 1. The molecule has 144 valence electrons. The van der Waals surface area contributed by atoms with E-state index in [9.17, 15) is 14.4 Å². The molecule has 0 aliphatic rings. The van der Waals surface area contributed by atoms with Crippen LogP contribution in [0.3, 0.4) is 0 Å². The number of benzene rings is 1. The van der Waals surface area contributed by atoms with Crippen molar-refractivity contribution >= 4 is 17.8 Å². The molecule has 27 heavy (non-hydrogen) atoms. The van der Waals surface area contributed by atoms with Gasteiger partial charge in [0, 0.05) is 7.05 Å². The summed E-state index contributed by atoms with van der Waals surface area (Å²) < 4.78 is 15.3. The second-order valence-electron chi connectivity index (χ2n) is 5.82. The number of ether oxygens (including phenoxy) is 2. The molecule has 0 bridgehead atoms. The van der Waals surface area contributed by atoms with Crippen molar-refractivity contribution in [1.29, 1.82) is 0 Å². The second-order valence-corrected chi connectivity index (χ2v) is 5.82. The summed E-state index contributed by atoms with van der Waals surface area (Å²) in [6, 6.07) is 10.7. The van der Waals surface area contributed by atoms with Crippen LogP contribution in [-0.4, -0.2) is 49.5 Å². The summed E-state index contributed by atoms with van der Waals surface area (Å²) in [4.78, 5) is 36.6. The molecule has 8 nitrogen and oxygen atoms in total. The molecule has 0 atom stereocenters. The predicted octanol–water partition coefficient (Wildman–Crippen LogP) is 1.28. The smallest absolute Gasteiger partial charge is 0.344 e. The molecular weight excluding hydrogens is 352 g/mol. The van der Waals surface area contributed by atoms with Crippen molar-refractivity contribution in [2.75, 3.05) is 26.8 Å². The fraction of sp³-hybridized carbons (Fsp3) is 0.316. The molecule has 1 aromatic carbocycles. The zero-order chi connectivity index (χ0) is 19.6. The summed E-state index contributed by atoms with van der Waals surface area (Å²) in [7, 11) is 1.45. The summed E-state index contributed by atoms with van der Waals surface area (Å²) in [5.41, 5.74) is 0.890. The van der Waals surface area contributed by atoms with Gasteiger partial charge in [-0.15, -0.1) is 0 Å². The van der Waals surface area contributed by atoms with E-state index in [0.29, 0.717) is 11.5 Å². The molecule has 0 spiro atoms. The highest BCUT2D eigenvalue weighted by molar-refractivity contribution is 5.86. The number of hydrogen-bond acceptors (Lipinski definition) is 6. The largest absolute Gasteiger partial charge is 0.482 e. The lowest BCUT2D eigenvalue weighted by molar-refractivity contribution is -0.153. The number of rotatable bonds is 9. The third-order valence-corrected chi connectivity index (χ3v) is 3.64. The van der Waals surface area contributed by atoms with E-state index in [1.54, 1.807) is 24.3 Å². The molecule has 0 aliphatic heterocycles. The van der Waals surface area contributed by atoms with Crippen LogP contribution < -0.4 is 10.1 Å². The topological polar surface area (TPSA) is 98.1 Å². The standard InChI is InChI=1S/C19H22N2O6/c1-14-6-3-4-8-16(14)26-13-19(24)27-12-18(23)21(2)11-17(22)20-10-15-7-5-9-25-15/h3-9H,10-13H2,1-2H3,(H,20,22). The van der Waals surface area contributed by atoms with E-state index in [4.69, 9.17) is 13.9 Å². The highest BCUT2D eigenvalue weighted by Crippen LogP contribution is 2.15. The molecule has 0 radical (unpaired) electrons. The van der Waals surface area contributed by atoms with E-state index in [1.165, 1.54) is 18.2 Å². The van der Waals surface area contributed by atoms with Crippen LogP contribution >= 0.6 is 0 Å². The van der Waals surface area contributed by atoms with Gasteiger partial charge in [0.2, 0.25) is 5.91 Å². The number of furan rings is 1. The lowest BCUT2D eigenvalue weighted by atomic mass is 10.2. The first-order valence-corrected chi connectivity index (χ1v) is 8.33. The molecule has 0 aliphatic carbocycles. The van der Waals surface area contributed by atoms with E-state index in [2.05, 4.69) is 5.32 Å². The van der Waals surface area contributed by atoms with Gasteiger partial charge in [-0.2, -0.15) is 0 Å². The van der Waals surface area contributed by atoms with Crippen molar-refractivity contribution in [1.82, 2.24) is 10.2 Å². The molecular formula is C19H22N2O6. The molecule has 2 amide bonds. The zero-order valence-electron chi connectivity index (χ0n) is 15.3. The summed E-state index contributed by atoms with van der Waals surface area (Å²) >= 11 is 0. The molecule has 0 fully saturated rings. The molecule has 2 aromatic rings. The molecule has 8 heteroatoms. The Bertz CT molecular complexity index is 772. The monoisotopic (exact) mass is 374 g/mol. The lowest BCUT2D eigenvalue weighted by Gasteiger charge is -2.16. The maximum absolute atomic E-state index is 12.0. The van der Waals surface area contributed by atoms with E-state index in [-0.39, 0.29) is 25.6 Å². The predicted molar refractivity (Wildman–Crippen MR) is 95.8 cm³/mol. The molecule has 0 unspecified atom stereocenters. The van der Waals surface area contributed by atoms with Crippen molar-refractivity contribution in [2.24, 2.45) is 0 Å². The number of nitrogens with one attached hydrogen (secondary N) is 1. The second kappa shape index (κ2) is 10.0. The van der Waals surface area contributed by atoms with Crippen LogP contribution in [0.15, 0.2) is 47.1 Å². The van der Waals surface area contributed by atoms with Crippen LogP contribution in [0, 0.1) is 6.92 Å². The number of aryl methyl sites for hydroxylation is 1. The first kappa shape index (κ1) is 20.0. The summed E-state index contributed by atoms with van der Waals surface area (Å²) in [6.45, 7) is 1.18. The third-order valence-electron chi connectivity index (χ3n) is 3.64. The molecule has 1 heterocycles. The van der Waals surface area contributed by atoms with Gasteiger partial charge in [0.1, 0.15) is 11.5 Å². The minimum atomic E-state index is -0.665. The number of para-hydroxylation sites is 1. The third kappa shape index (κ3) is 6.85. The van der Waals surface area contributed by atoms with Gasteiger partial charge in [-0.1, -0.05) is 18.2 Å². The van der Waals surface area contributed by atoms with Gasteiger partial charge in [-0.3, -0.25) is 9.59 Å². The maximum atomic E-state index is 12.0. The Labute approximate surface area is 157 Å². The lowest BCUT2D eigenvalue weighted by Crippen LogP contribution is -2.40. The van der Waals surface area contributed by atoms with Crippen molar-refractivity contribution < 1.29 is 28.3 Å². The summed E-state index contributed by atoms with van der Waals surface area (Å²) in [5, 5.41) is 2.63. The van der Waals surface area contributed by atoms with E-state index in [0.717, 1.165) is 5.56 Å². The molecule has 0 saturated carbocycles. The van der Waals surface area contributed by atoms with Crippen LogP contribution in [0.5, 0.6) is 5.75 Å². The van der Waals surface area contributed by atoms with Crippen molar-refractivity contribution in [2.45, 2.75) is 13.5 Å². The number of hydrogen-bond donors (Lipinski definition) is 1. The highest BCUT2D eigenvalue weighted by atomic mass is 16.6. The Morgan fingerprint density at radius 3 is 2.59 bits per heavy atom. The van der Waals surface area contributed by atoms with Crippen LogP contribution in [0.4, 0.5) is 0 Å². The number of esters is 1. The molecule has 2 rings (SSSR count). The van der Waals surface area contributed by atoms with Gasteiger partial charge < -0.3 is 24.1 Å². The molecule has 1 N–H and O–H groups in total. The molecule has 0 saturated heterocycles. The fourth-order valence-electron chi connectivity index (χ4n) is 2.11. The number of likely N-dealkylation sites (N-methyl/N-ethyl adjacent to an activating group) is 1. The Kier molecular flexibility index (Phi) is 7.42. The van der Waals surface area contributed by atoms with E-state index < -0.39 is 18.5 Å².